The van der Waals surface area contributed by atoms with E-state index in [9.17, 15) is 0 Å². The molecule has 1 N–H and O–H groups in total. The van der Waals surface area contributed by atoms with Gasteiger partial charge in [-0.05, 0) is 13.3 Å². The first kappa shape index (κ1) is 11.5. The maximum Gasteiger partial charge on any atom is 0.226 e. The van der Waals surface area contributed by atoms with Crippen LogP contribution < -0.4 is 5.32 Å². The van der Waals surface area contributed by atoms with Gasteiger partial charge in [-0.2, -0.15) is 4.98 Å². The van der Waals surface area contributed by atoms with Gasteiger partial charge in [-0.3, -0.25) is 4.90 Å². The summed E-state index contributed by atoms with van der Waals surface area (Å²) in [5.41, 5.74) is 0. The van der Waals surface area contributed by atoms with E-state index in [-0.39, 0.29) is 6.04 Å². The van der Waals surface area contributed by atoms with Crippen molar-refractivity contribution in [1.29, 1.82) is 0 Å². The number of hydrogen-bond acceptors (Lipinski definition) is 5. The molecule has 0 amide bonds. The fourth-order valence-corrected chi connectivity index (χ4v) is 1.99. The number of nitrogens with one attached hydrogen (secondary N) is 1. The molecule has 1 unspecified atom stereocenters. The monoisotopic (exact) mass is 224 g/mol. The smallest absolute Gasteiger partial charge is 0.226 e. The van der Waals surface area contributed by atoms with E-state index in [1.165, 1.54) is 0 Å². The highest BCUT2D eigenvalue weighted by molar-refractivity contribution is 4.94. The van der Waals surface area contributed by atoms with Crippen molar-refractivity contribution < 1.29 is 4.52 Å². The molecule has 16 heavy (non-hydrogen) atoms. The minimum atomic E-state index is 0.261. The van der Waals surface area contributed by atoms with Crippen molar-refractivity contribution in [1.82, 2.24) is 20.4 Å². The Hall–Kier alpha value is -0.940. The molecule has 5 heteroatoms. The predicted molar refractivity (Wildman–Crippen MR) is 61.2 cm³/mol. The summed E-state index contributed by atoms with van der Waals surface area (Å²) in [6.07, 6.45) is 1.92. The topological polar surface area (TPSA) is 54.2 Å². The molecule has 1 aliphatic heterocycles. The second-order valence-corrected chi connectivity index (χ2v) is 4.26. The quantitative estimate of drug-likeness (QED) is 0.826. The molecule has 0 aromatic carbocycles. The van der Waals surface area contributed by atoms with Gasteiger partial charge >= 0.3 is 0 Å². The molecule has 90 valence electrons. The maximum absolute atomic E-state index is 5.21. The van der Waals surface area contributed by atoms with Gasteiger partial charge in [-0.25, -0.2) is 0 Å². The second-order valence-electron chi connectivity index (χ2n) is 4.26. The van der Waals surface area contributed by atoms with E-state index >= 15 is 0 Å². The van der Waals surface area contributed by atoms with Crippen LogP contribution in [0.2, 0.25) is 0 Å². The lowest BCUT2D eigenvalue weighted by atomic mass is 10.2. The van der Waals surface area contributed by atoms with Crippen LogP contribution in [0.3, 0.4) is 0 Å². The molecule has 0 spiro atoms. The van der Waals surface area contributed by atoms with Crippen LogP contribution in [0.15, 0.2) is 4.52 Å². The summed E-state index contributed by atoms with van der Waals surface area (Å²) in [7, 11) is 0. The molecule has 1 saturated heterocycles. The normalized spacial score (nSPS) is 19.9. The molecule has 0 aliphatic carbocycles. The van der Waals surface area contributed by atoms with E-state index in [4.69, 9.17) is 4.52 Å². The summed E-state index contributed by atoms with van der Waals surface area (Å²) in [6.45, 7) is 8.46. The van der Waals surface area contributed by atoms with E-state index < -0.39 is 0 Å². The number of rotatable bonds is 4. The maximum atomic E-state index is 5.21. The Labute approximate surface area is 96.2 Å². The molecule has 1 aliphatic rings. The Morgan fingerprint density at radius 1 is 1.44 bits per heavy atom. The van der Waals surface area contributed by atoms with Gasteiger partial charge in [0.25, 0.3) is 0 Å². The van der Waals surface area contributed by atoms with Gasteiger partial charge in [-0.15, -0.1) is 0 Å². The summed E-state index contributed by atoms with van der Waals surface area (Å²) in [5, 5.41) is 7.40. The highest BCUT2D eigenvalue weighted by Crippen LogP contribution is 2.17. The van der Waals surface area contributed by atoms with Gasteiger partial charge in [0.05, 0.1) is 6.04 Å². The minimum absolute atomic E-state index is 0.261. The van der Waals surface area contributed by atoms with Crippen molar-refractivity contribution in [2.45, 2.75) is 32.7 Å². The van der Waals surface area contributed by atoms with E-state index in [1.54, 1.807) is 0 Å². The van der Waals surface area contributed by atoms with E-state index in [1.807, 2.05) is 0 Å². The van der Waals surface area contributed by atoms with Crippen LogP contribution >= 0.6 is 0 Å². The van der Waals surface area contributed by atoms with Crippen molar-refractivity contribution in [2.24, 2.45) is 0 Å². The fourth-order valence-electron chi connectivity index (χ4n) is 1.99. The van der Waals surface area contributed by atoms with Crippen LogP contribution in [-0.2, 0) is 6.42 Å². The first-order chi connectivity index (χ1) is 7.81. The third-order valence-corrected chi connectivity index (χ3v) is 3.02. The van der Waals surface area contributed by atoms with Crippen LogP contribution in [0.5, 0.6) is 0 Å². The molecule has 1 aromatic heterocycles. The number of aromatic nitrogens is 2. The largest absolute Gasteiger partial charge is 0.339 e. The van der Waals surface area contributed by atoms with E-state index in [0.717, 1.165) is 50.7 Å². The van der Waals surface area contributed by atoms with Crippen LogP contribution in [0.1, 0.15) is 38.0 Å². The third-order valence-electron chi connectivity index (χ3n) is 3.02. The summed E-state index contributed by atoms with van der Waals surface area (Å²) in [6, 6.07) is 0.261. The summed E-state index contributed by atoms with van der Waals surface area (Å²) < 4.78 is 5.21. The molecular formula is C11H20N4O. The average molecular weight is 224 g/mol. The first-order valence-electron chi connectivity index (χ1n) is 6.08. The van der Waals surface area contributed by atoms with Gasteiger partial charge in [0.15, 0.2) is 5.82 Å². The summed E-state index contributed by atoms with van der Waals surface area (Å²) >= 11 is 0. The minimum Gasteiger partial charge on any atom is -0.339 e. The molecule has 1 fully saturated rings. The molecule has 5 nitrogen and oxygen atoms in total. The highest BCUT2D eigenvalue weighted by Gasteiger charge is 2.22. The third kappa shape index (κ3) is 2.59. The van der Waals surface area contributed by atoms with E-state index in [0.29, 0.717) is 0 Å². The lowest BCUT2D eigenvalue weighted by Crippen LogP contribution is -2.44. The van der Waals surface area contributed by atoms with Gasteiger partial charge < -0.3 is 9.84 Å². The average Bonchev–Trinajstić information content (AvgIpc) is 2.78. The Morgan fingerprint density at radius 3 is 2.88 bits per heavy atom. The Kier molecular flexibility index (Phi) is 3.90. The van der Waals surface area contributed by atoms with Gasteiger partial charge in [0, 0.05) is 32.6 Å². The molecule has 0 bridgehead atoms. The summed E-state index contributed by atoms with van der Waals surface area (Å²) in [4.78, 5) is 6.82. The van der Waals surface area contributed by atoms with E-state index in [2.05, 4.69) is 34.2 Å². The van der Waals surface area contributed by atoms with Crippen molar-refractivity contribution in [3.8, 4) is 0 Å². The number of piperazine rings is 1. The van der Waals surface area contributed by atoms with Crippen LogP contribution in [0.25, 0.3) is 0 Å². The molecule has 1 aromatic rings. The molecule has 0 radical (unpaired) electrons. The Bertz CT molecular complexity index is 320. The Balaban J connectivity index is 1.98. The highest BCUT2D eigenvalue weighted by atomic mass is 16.5. The Morgan fingerprint density at radius 2 is 2.19 bits per heavy atom. The molecule has 2 heterocycles. The fraction of sp³-hybridized carbons (Fsp3) is 0.818. The van der Waals surface area contributed by atoms with Crippen molar-refractivity contribution >= 4 is 0 Å². The predicted octanol–water partition coefficient (Wildman–Crippen LogP) is 0.988. The molecule has 2 rings (SSSR count). The SMILES string of the molecule is CCCc1nc(C(C)N2CCNCC2)no1. The van der Waals surface area contributed by atoms with Gasteiger partial charge in [-0.1, -0.05) is 12.1 Å². The molecular weight excluding hydrogens is 204 g/mol. The second kappa shape index (κ2) is 5.41. The van der Waals surface area contributed by atoms with Crippen LogP contribution in [0.4, 0.5) is 0 Å². The number of aryl methyl sites for hydroxylation is 1. The van der Waals surface area contributed by atoms with Gasteiger partial charge in [0.2, 0.25) is 5.89 Å². The zero-order valence-corrected chi connectivity index (χ0v) is 10.1. The standard InChI is InChI=1S/C11H20N4O/c1-3-4-10-13-11(14-16-10)9(2)15-7-5-12-6-8-15/h9,12H,3-8H2,1-2H3. The van der Waals surface area contributed by atoms with Crippen molar-refractivity contribution in [3.05, 3.63) is 11.7 Å². The first-order valence-corrected chi connectivity index (χ1v) is 6.08. The van der Waals surface area contributed by atoms with Crippen LogP contribution in [-0.4, -0.2) is 41.2 Å². The molecule has 0 saturated carbocycles. The van der Waals surface area contributed by atoms with Crippen molar-refractivity contribution in [3.63, 3.8) is 0 Å². The zero-order chi connectivity index (χ0) is 11.4. The lowest BCUT2D eigenvalue weighted by Gasteiger charge is -2.30. The summed E-state index contributed by atoms with van der Waals surface area (Å²) in [5.74, 6) is 1.59. The zero-order valence-electron chi connectivity index (χ0n) is 10.1. The van der Waals surface area contributed by atoms with Crippen molar-refractivity contribution in [2.75, 3.05) is 26.2 Å². The number of hydrogen-bond donors (Lipinski definition) is 1. The lowest BCUT2D eigenvalue weighted by molar-refractivity contribution is 0.176. The van der Waals surface area contributed by atoms with Gasteiger partial charge in [0.1, 0.15) is 0 Å². The van der Waals surface area contributed by atoms with Crippen LogP contribution in [0, 0.1) is 0 Å². The number of nitrogens with zero attached hydrogens (tertiary/aromatic N) is 3. The molecule has 1 atom stereocenters.